The highest BCUT2D eigenvalue weighted by molar-refractivity contribution is 7.89. The zero-order valence-corrected chi connectivity index (χ0v) is 9.53. The average molecular weight is 257 g/mol. The summed E-state index contributed by atoms with van der Waals surface area (Å²) in [6, 6.07) is 8.24. The quantitative estimate of drug-likeness (QED) is 0.267. The number of nitrogens with two attached hydrogens (primary N) is 1. The number of sulfonamides is 1. The number of carbonyl (C=O) groups is 2. The molecule has 0 unspecified atom stereocenters. The summed E-state index contributed by atoms with van der Waals surface area (Å²) in [5.41, 5.74) is 2.04. The molecule has 17 heavy (non-hydrogen) atoms. The standard InChI is InChI=1S/C9H11N3O4S/c10-11-8(13)9(14)12-17(15,16)6-7-4-2-1-3-5-7/h1-5H,6,10H2,(H,11,13)(H,12,14). The van der Waals surface area contributed by atoms with Crippen LogP contribution in [0.1, 0.15) is 5.56 Å². The SMILES string of the molecule is NNC(=O)C(=O)NS(=O)(=O)Cc1ccccc1. The Bertz CT molecular complexity index is 512. The van der Waals surface area contributed by atoms with E-state index in [-0.39, 0.29) is 0 Å². The molecule has 0 aliphatic carbocycles. The summed E-state index contributed by atoms with van der Waals surface area (Å²) in [4.78, 5) is 21.7. The summed E-state index contributed by atoms with van der Waals surface area (Å²) in [5.74, 6) is 1.76. The van der Waals surface area contributed by atoms with E-state index in [1.165, 1.54) is 5.43 Å². The topological polar surface area (TPSA) is 118 Å². The van der Waals surface area contributed by atoms with Crippen molar-refractivity contribution in [1.82, 2.24) is 10.1 Å². The first-order chi connectivity index (χ1) is 7.94. The van der Waals surface area contributed by atoms with Crippen LogP contribution < -0.4 is 16.0 Å². The van der Waals surface area contributed by atoms with E-state index >= 15 is 0 Å². The van der Waals surface area contributed by atoms with Crippen molar-refractivity contribution in [2.24, 2.45) is 5.84 Å². The molecule has 1 aromatic rings. The number of hydrogen-bond donors (Lipinski definition) is 3. The zero-order chi connectivity index (χ0) is 12.9. The van der Waals surface area contributed by atoms with Gasteiger partial charge in [0.05, 0.1) is 5.75 Å². The fourth-order valence-electron chi connectivity index (χ4n) is 1.08. The highest BCUT2D eigenvalue weighted by Gasteiger charge is 2.20. The minimum Gasteiger partial charge on any atom is -0.286 e. The van der Waals surface area contributed by atoms with Gasteiger partial charge in [-0.25, -0.2) is 19.0 Å². The van der Waals surface area contributed by atoms with Crippen LogP contribution in [0.25, 0.3) is 0 Å². The average Bonchev–Trinajstić information content (AvgIpc) is 2.27. The van der Waals surface area contributed by atoms with E-state index in [2.05, 4.69) is 5.84 Å². The molecule has 2 amide bonds. The molecule has 0 aliphatic rings. The molecule has 1 aromatic carbocycles. The number of benzene rings is 1. The van der Waals surface area contributed by atoms with Gasteiger partial charge >= 0.3 is 11.8 Å². The number of amides is 2. The van der Waals surface area contributed by atoms with Crippen molar-refractivity contribution in [2.75, 3.05) is 0 Å². The molecule has 92 valence electrons. The van der Waals surface area contributed by atoms with Gasteiger partial charge in [0.25, 0.3) is 0 Å². The van der Waals surface area contributed by atoms with Gasteiger partial charge < -0.3 is 0 Å². The van der Waals surface area contributed by atoms with Gasteiger partial charge in [0.2, 0.25) is 10.0 Å². The molecular weight excluding hydrogens is 246 g/mol. The number of carbonyl (C=O) groups excluding carboxylic acids is 2. The Kier molecular flexibility index (Phi) is 4.18. The lowest BCUT2D eigenvalue weighted by Crippen LogP contribution is -2.45. The van der Waals surface area contributed by atoms with Crippen LogP contribution >= 0.6 is 0 Å². The molecule has 0 radical (unpaired) electrons. The molecule has 0 saturated carbocycles. The highest BCUT2D eigenvalue weighted by atomic mass is 32.2. The Morgan fingerprint density at radius 3 is 2.24 bits per heavy atom. The molecule has 0 bridgehead atoms. The smallest absolute Gasteiger partial charge is 0.286 e. The monoisotopic (exact) mass is 257 g/mol. The maximum absolute atomic E-state index is 11.5. The molecule has 0 saturated heterocycles. The predicted octanol–water partition coefficient (Wildman–Crippen LogP) is -1.38. The molecule has 0 heterocycles. The van der Waals surface area contributed by atoms with Crippen molar-refractivity contribution >= 4 is 21.8 Å². The molecule has 0 aliphatic heterocycles. The van der Waals surface area contributed by atoms with E-state index in [0.29, 0.717) is 5.56 Å². The van der Waals surface area contributed by atoms with Crippen LogP contribution in [-0.2, 0) is 25.4 Å². The van der Waals surface area contributed by atoms with Gasteiger partial charge in [0.15, 0.2) is 0 Å². The first-order valence-electron chi connectivity index (χ1n) is 4.54. The van der Waals surface area contributed by atoms with Crippen LogP contribution in [-0.4, -0.2) is 20.2 Å². The second kappa shape index (κ2) is 5.41. The first-order valence-corrected chi connectivity index (χ1v) is 6.19. The zero-order valence-electron chi connectivity index (χ0n) is 8.71. The predicted molar refractivity (Wildman–Crippen MR) is 59.5 cm³/mol. The van der Waals surface area contributed by atoms with Gasteiger partial charge in [-0.1, -0.05) is 30.3 Å². The summed E-state index contributed by atoms with van der Waals surface area (Å²) < 4.78 is 24.6. The van der Waals surface area contributed by atoms with Crippen molar-refractivity contribution in [1.29, 1.82) is 0 Å². The van der Waals surface area contributed by atoms with Gasteiger partial charge in [-0.05, 0) is 5.56 Å². The van der Waals surface area contributed by atoms with E-state index in [1.807, 2.05) is 0 Å². The lowest BCUT2D eigenvalue weighted by molar-refractivity contribution is -0.138. The minimum absolute atomic E-state index is 0.391. The van der Waals surface area contributed by atoms with E-state index in [9.17, 15) is 18.0 Å². The third-order valence-corrected chi connectivity index (χ3v) is 2.99. The van der Waals surface area contributed by atoms with Gasteiger partial charge in [0.1, 0.15) is 0 Å². The van der Waals surface area contributed by atoms with Crippen LogP contribution in [0.15, 0.2) is 30.3 Å². The minimum atomic E-state index is -3.90. The molecular formula is C9H11N3O4S. The molecule has 0 aromatic heterocycles. The Hall–Kier alpha value is -1.93. The maximum Gasteiger partial charge on any atom is 0.324 e. The van der Waals surface area contributed by atoms with Gasteiger partial charge in [-0.15, -0.1) is 0 Å². The fourth-order valence-corrected chi connectivity index (χ4v) is 2.16. The third kappa shape index (κ3) is 4.21. The van der Waals surface area contributed by atoms with Crippen LogP contribution in [0, 0.1) is 0 Å². The molecule has 0 spiro atoms. The largest absolute Gasteiger partial charge is 0.324 e. The lowest BCUT2D eigenvalue weighted by Gasteiger charge is -2.05. The summed E-state index contributed by atoms with van der Waals surface area (Å²) in [5, 5.41) is 0. The number of hydrazine groups is 1. The van der Waals surface area contributed by atoms with Crippen LogP contribution in [0.2, 0.25) is 0 Å². The van der Waals surface area contributed by atoms with Crippen molar-refractivity contribution < 1.29 is 18.0 Å². The Morgan fingerprint density at radius 1 is 1.12 bits per heavy atom. The molecule has 4 N–H and O–H groups in total. The van der Waals surface area contributed by atoms with E-state index in [1.54, 1.807) is 35.1 Å². The Labute approximate surface area is 98.0 Å². The summed E-state index contributed by atoms with van der Waals surface area (Å²) in [6.07, 6.45) is 0. The highest BCUT2D eigenvalue weighted by Crippen LogP contribution is 2.03. The maximum atomic E-state index is 11.5. The molecule has 0 fully saturated rings. The summed E-state index contributed by atoms with van der Waals surface area (Å²) in [7, 11) is -3.90. The van der Waals surface area contributed by atoms with Crippen molar-refractivity contribution in [3.8, 4) is 0 Å². The Balaban J connectivity index is 2.71. The first kappa shape index (κ1) is 13.1. The lowest BCUT2D eigenvalue weighted by atomic mass is 10.2. The van der Waals surface area contributed by atoms with Crippen molar-refractivity contribution in [2.45, 2.75) is 5.75 Å². The number of nitrogens with one attached hydrogen (secondary N) is 2. The van der Waals surface area contributed by atoms with E-state index < -0.39 is 27.6 Å². The van der Waals surface area contributed by atoms with Gasteiger partial charge in [-0.2, -0.15) is 0 Å². The van der Waals surface area contributed by atoms with E-state index in [0.717, 1.165) is 0 Å². The molecule has 8 heteroatoms. The van der Waals surface area contributed by atoms with Crippen molar-refractivity contribution in [3.63, 3.8) is 0 Å². The van der Waals surface area contributed by atoms with Crippen LogP contribution in [0.3, 0.4) is 0 Å². The third-order valence-electron chi connectivity index (χ3n) is 1.79. The summed E-state index contributed by atoms with van der Waals surface area (Å²) >= 11 is 0. The molecule has 0 atom stereocenters. The van der Waals surface area contributed by atoms with Crippen LogP contribution in [0.4, 0.5) is 0 Å². The summed E-state index contributed by atoms with van der Waals surface area (Å²) in [6.45, 7) is 0. The van der Waals surface area contributed by atoms with E-state index in [4.69, 9.17) is 0 Å². The molecule has 7 nitrogen and oxygen atoms in total. The number of hydrogen-bond acceptors (Lipinski definition) is 5. The number of rotatable bonds is 3. The second-order valence-electron chi connectivity index (χ2n) is 3.15. The van der Waals surface area contributed by atoms with Crippen LogP contribution in [0.5, 0.6) is 0 Å². The Morgan fingerprint density at radius 2 is 1.71 bits per heavy atom. The fraction of sp³-hybridized carbons (Fsp3) is 0.111. The molecule has 1 rings (SSSR count). The van der Waals surface area contributed by atoms with Gasteiger partial charge in [0, 0.05) is 0 Å². The second-order valence-corrected chi connectivity index (χ2v) is 4.87. The van der Waals surface area contributed by atoms with Gasteiger partial charge in [-0.3, -0.25) is 15.0 Å². The normalized spacial score (nSPS) is 10.6. The van der Waals surface area contributed by atoms with Crippen molar-refractivity contribution in [3.05, 3.63) is 35.9 Å².